The third-order valence-corrected chi connectivity index (χ3v) is 6.73. The van der Waals surface area contributed by atoms with Gasteiger partial charge in [0.2, 0.25) is 11.8 Å². The zero-order chi connectivity index (χ0) is 18.8. The van der Waals surface area contributed by atoms with E-state index >= 15 is 0 Å². The second-order valence-electron chi connectivity index (χ2n) is 6.47. The van der Waals surface area contributed by atoms with Crippen molar-refractivity contribution in [3.05, 3.63) is 54.1 Å². The molecule has 2 amide bonds. The van der Waals surface area contributed by atoms with Gasteiger partial charge in [-0.25, -0.2) is 4.99 Å². The highest BCUT2D eigenvalue weighted by Gasteiger charge is 2.29. The summed E-state index contributed by atoms with van der Waals surface area (Å²) in [5.41, 5.74) is 3.64. The van der Waals surface area contributed by atoms with E-state index in [2.05, 4.69) is 16.4 Å². The highest BCUT2D eigenvalue weighted by atomic mass is 32.2. The molecular formula is C20H19N3O2S2. The molecule has 0 fully saturated rings. The molecule has 1 atom stereocenters. The van der Waals surface area contributed by atoms with Gasteiger partial charge in [-0.05, 0) is 30.7 Å². The summed E-state index contributed by atoms with van der Waals surface area (Å²) in [6.07, 6.45) is 0.286. The minimum absolute atomic E-state index is 0.0152. The molecule has 0 spiro atoms. The van der Waals surface area contributed by atoms with Crippen molar-refractivity contribution in [1.82, 2.24) is 0 Å². The molecule has 27 heavy (non-hydrogen) atoms. The standard InChI is InChI=1S/C20H19N3O2S2/c1-13-10-18(24)21-16-8-4-5-9-17(16)23(13)19(25)12-27-20-22-15-7-3-2-6-14(15)11-26-20/h2-9,13H,10-12H2,1H3,(H,21,24). The fourth-order valence-corrected chi connectivity index (χ4v) is 5.17. The van der Waals surface area contributed by atoms with E-state index in [4.69, 9.17) is 0 Å². The molecule has 138 valence electrons. The maximum absolute atomic E-state index is 13.0. The number of fused-ring (bicyclic) bond motifs is 2. The molecule has 2 heterocycles. The maximum Gasteiger partial charge on any atom is 0.237 e. The summed E-state index contributed by atoms with van der Waals surface area (Å²) in [4.78, 5) is 31.5. The first-order chi connectivity index (χ1) is 13.1. The minimum atomic E-state index is -0.191. The molecule has 4 rings (SSSR count). The van der Waals surface area contributed by atoms with Crippen LogP contribution in [0, 0.1) is 0 Å². The molecule has 1 N–H and O–H groups in total. The lowest BCUT2D eigenvalue weighted by atomic mass is 10.2. The summed E-state index contributed by atoms with van der Waals surface area (Å²) in [6, 6.07) is 15.3. The Hall–Kier alpha value is -2.25. The summed E-state index contributed by atoms with van der Waals surface area (Å²) < 4.78 is 0.909. The van der Waals surface area contributed by atoms with E-state index in [1.165, 1.54) is 17.3 Å². The van der Waals surface area contributed by atoms with E-state index in [-0.39, 0.29) is 24.3 Å². The van der Waals surface area contributed by atoms with Crippen LogP contribution in [0.1, 0.15) is 18.9 Å². The zero-order valence-electron chi connectivity index (χ0n) is 14.8. The van der Waals surface area contributed by atoms with Crippen molar-refractivity contribution in [2.75, 3.05) is 16.0 Å². The Balaban J connectivity index is 1.51. The molecule has 7 heteroatoms. The first kappa shape index (κ1) is 18.1. The number of benzene rings is 2. The Labute approximate surface area is 166 Å². The summed E-state index contributed by atoms with van der Waals surface area (Å²) in [7, 11) is 0. The zero-order valence-corrected chi connectivity index (χ0v) is 16.5. The van der Waals surface area contributed by atoms with Gasteiger partial charge in [0, 0.05) is 18.2 Å². The molecule has 0 saturated carbocycles. The van der Waals surface area contributed by atoms with Gasteiger partial charge in [0.1, 0.15) is 4.38 Å². The van der Waals surface area contributed by atoms with Crippen molar-refractivity contribution in [3.63, 3.8) is 0 Å². The number of rotatable bonds is 2. The van der Waals surface area contributed by atoms with E-state index < -0.39 is 0 Å². The Morgan fingerprint density at radius 1 is 1.26 bits per heavy atom. The molecule has 2 aliphatic rings. The van der Waals surface area contributed by atoms with Gasteiger partial charge >= 0.3 is 0 Å². The minimum Gasteiger partial charge on any atom is -0.324 e. The second kappa shape index (κ2) is 7.78. The van der Waals surface area contributed by atoms with E-state index in [0.29, 0.717) is 11.4 Å². The van der Waals surface area contributed by atoms with Crippen LogP contribution in [-0.4, -0.2) is 28.0 Å². The van der Waals surface area contributed by atoms with Crippen LogP contribution in [0.4, 0.5) is 17.1 Å². The van der Waals surface area contributed by atoms with E-state index in [9.17, 15) is 9.59 Å². The van der Waals surface area contributed by atoms with Crippen LogP contribution in [0.3, 0.4) is 0 Å². The number of thioether (sulfide) groups is 2. The quantitative estimate of drug-likeness (QED) is 0.815. The molecule has 2 aliphatic heterocycles. The highest BCUT2D eigenvalue weighted by molar-refractivity contribution is 8.38. The normalized spacial score (nSPS) is 18.7. The largest absolute Gasteiger partial charge is 0.324 e. The Bertz CT molecular complexity index is 929. The average molecular weight is 398 g/mol. The van der Waals surface area contributed by atoms with Gasteiger partial charge in [0.25, 0.3) is 0 Å². The van der Waals surface area contributed by atoms with Crippen molar-refractivity contribution in [3.8, 4) is 0 Å². The lowest BCUT2D eigenvalue weighted by Crippen LogP contribution is -2.40. The van der Waals surface area contributed by atoms with Gasteiger partial charge < -0.3 is 10.2 Å². The van der Waals surface area contributed by atoms with Gasteiger partial charge in [-0.1, -0.05) is 53.9 Å². The molecule has 0 bridgehead atoms. The fraction of sp³-hybridized carbons (Fsp3) is 0.250. The van der Waals surface area contributed by atoms with Gasteiger partial charge in [-0.15, -0.1) is 0 Å². The number of amides is 2. The Kier molecular flexibility index (Phi) is 5.22. The SMILES string of the molecule is CC1CC(=O)Nc2ccccc2N1C(=O)CSC1=Nc2ccccc2CS1. The van der Waals surface area contributed by atoms with Gasteiger partial charge in [-0.2, -0.15) is 0 Å². The smallest absolute Gasteiger partial charge is 0.237 e. The number of carbonyl (C=O) groups is 2. The number of hydrogen-bond acceptors (Lipinski definition) is 5. The van der Waals surface area contributed by atoms with Crippen molar-refractivity contribution < 1.29 is 9.59 Å². The molecule has 2 aromatic carbocycles. The van der Waals surface area contributed by atoms with Crippen LogP contribution in [0.5, 0.6) is 0 Å². The van der Waals surface area contributed by atoms with Crippen LogP contribution in [0.2, 0.25) is 0 Å². The molecule has 0 aliphatic carbocycles. The maximum atomic E-state index is 13.0. The predicted molar refractivity (Wildman–Crippen MR) is 114 cm³/mol. The number of anilines is 2. The molecule has 5 nitrogen and oxygen atoms in total. The average Bonchev–Trinajstić information content (AvgIpc) is 2.80. The van der Waals surface area contributed by atoms with Crippen LogP contribution < -0.4 is 10.2 Å². The number of aliphatic imine (C=N–C) groups is 1. The Morgan fingerprint density at radius 3 is 2.93 bits per heavy atom. The van der Waals surface area contributed by atoms with Crippen molar-refractivity contribution >= 4 is 56.8 Å². The molecular weight excluding hydrogens is 378 g/mol. The van der Waals surface area contributed by atoms with Crippen LogP contribution in [0.15, 0.2) is 53.5 Å². The summed E-state index contributed by atoms with van der Waals surface area (Å²) in [5, 5.41) is 2.89. The highest BCUT2D eigenvalue weighted by Crippen LogP contribution is 2.36. The first-order valence-electron chi connectivity index (χ1n) is 8.75. The van der Waals surface area contributed by atoms with Gasteiger partial charge in [0.15, 0.2) is 0 Å². The van der Waals surface area contributed by atoms with Crippen molar-refractivity contribution in [2.24, 2.45) is 4.99 Å². The van der Waals surface area contributed by atoms with Crippen LogP contribution >= 0.6 is 23.5 Å². The lowest BCUT2D eigenvalue weighted by molar-refractivity contribution is -0.117. The molecule has 0 aromatic heterocycles. The Morgan fingerprint density at radius 2 is 2.04 bits per heavy atom. The molecule has 1 unspecified atom stereocenters. The summed E-state index contributed by atoms with van der Waals surface area (Å²) in [6.45, 7) is 1.91. The number of nitrogens with one attached hydrogen (secondary N) is 1. The monoisotopic (exact) mass is 397 g/mol. The number of hydrogen-bond donors (Lipinski definition) is 1. The summed E-state index contributed by atoms with van der Waals surface area (Å²) >= 11 is 3.12. The van der Waals surface area contributed by atoms with Crippen molar-refractivity contribution in [1.29, 1.82) is 0 Å². The van der Waals surface area contributed by atoms with E-state index in [0.717, 1.165) is 21.5 Å². The van der Waals surface area contributed by atoms with Gasteiger partial charge in [0.05, 0.1) is 22.8 Å². The first-order valence-corrected chi connectivity index (χ1v) is 10.7. The van der Waals surface area contributed by atoms with Crippen LogP contribution in [-0.2, 0) is 15.3 Å². The third-order valence-electron chi connectivity index (χ3n) is 4.50. The van der Waals surface area contributed by atoms with E-state index in [1.807, 2.05) is 49.4 Å². The number of nitrogens with zero attached hydrogens (tertiary/aromatic N) is 2. The molecule has 2 aromatic rings. The second-order valence-corrected chi connectivity index (χ2v) is 8.65. The third kappa shape index (κ3) is 3.89. The van der Waals surface area contributed by atoms with Gasteiger partial charge in [-0.3, -0.25) is 9.59 Å². The van der Waals surface area contributed by atoms with Crippen LogP contribution in [0.25, 0.3) is 0 Å². The molecule has 0 radical (unpaired) electrons. The summed E-state index contributed by atoms with van der Waals surface area (Å²) in [5.74, 6) is 1.08. The number of carbonyl (C=O) groups excluding carboxylic acids is 2. The fourth-order valence-electron chi connectivity index (χ4n) is 3.25. The lowest BCUT2D eigenvalue weighted by Gasteiger charge is -2.28. The molecule has 0 saturated heterocycles. The topological polar surface area (TPSA) is 61.8 Å². The van der Waals surface area contributed by atoms with Crippen molar-refractivity contribution in [2.45, 2.75) is 25.1 Å². The number of para-hydroxylation sites is 3. The predicted octanol–water partition coefficient (Wildman–Crippen LogP) is 4.42. The van der Waals surface area contributed by atoms with E-state index in [1.54, 1.807) is 16.7 Å².